The fourth-order valence-corrected chi connectivity index (χ4v) is 6.03. The highest BCUT2D eigenvalue weighted by molar-refractivity contribution is 7.90. The van der Waals surface area contributed by atoms with Gasteiger partial charge in [-0.15, -0.1) is 0 Å². The molecular formula is C24H27N3O4S. The molecule has 2 heterocycles. The van der Waals surface area contributed by atoms with Gasteiger partial charge in [0, 0.05) is 30.0 Å². The van der Waals surface area contributed by atoms with Crippen LogP contribution < -0.4 is 5.32 Å². The summed E-state index contributed by atoms with van der Waals surface area (Å²) >= 11 is 0. The molecule has 32 heavy (non-hydrogen) atoms. The van der Waals surface area contributed by atoms with Crippen LogP contribution in [0.1, 0.15) is 60.5 Å². The molecule has 1 saturated carbocycles. The van der Waals surface area contributed by atoms with Crippen LogP contribution in [0, 0.1) is 0 Å². The van der Waals surface area contributed by atoms with Crippen molar-refractivity contribution in [3.63, 3.8) is 0 Å². The molecule has 8 heteroatoms. The van der Waals surface area contributed by atoms with Gasteiger partial charge in [-0.05, 0) is 56.0 Å². The number of nitrogens with one attached hydrogen (secondary N) is 1. The monoisotopic (exact) mass is 453 g/mol. The van der Waals surface area contributed by atoms with Crippen LogP contribution in [-0.4, -0.2) is 42.8 Å². The normalized spacial score (nSPS) is 19.6. The molecule has 7 nitrogen and oxygen atoms in total. The Morgan fingerprint density at radius 3 is 2.50 bits per heavy atom. The molecule has 0 unspecified atom stereocenters. The number of ether oxygens (including phenoxy) is 1. The van der Waals surface area contributed by atoms with Crippen molar-refractivity contribution in [1.29, 1.82) is 0 Å². The number of hydrogen-bond acceptors (Lipinski definition) is 5. The number of aromatic nitrogens is 2. The number of benzene rings is 2. The first kappa shape index (κ1) is 21.2. The summed E-state index contributed by atoms with van der Waals surface area (Å²) in [6, 6.07) is 13.5. The number of para-hydroxylation sites is 1. The number of rotatable bonds is 6. The molecule has 1 atom stereocenters. The van der Waals surface area contributed by atoms with Crippen molar-refractivity contribution in [3.8, 4) is 0 Å². The number of carbonyl (C=O) groups is 1. The molecule has 0 radical (unpaired) electrons. The maximum Gasteiger partial charge on any atom is 0.283 e. The highest BCUT2D eigenvalue weighted by Crippen LogP contribution is 2.37. The number of hydrogen-bond donors (Lipinski definition) is 1. The maximum absolute atomic E-state index is 13.4. The number of carbonyl (C=O) groups excluding carboxylic acids is 1. The van der Waals surface area contributed by atoms with Crippen molar-refractivity contribution in [2.24, 2.45) is 0 Å². The van der Waals surface area contributed by atoms with Gasteiger partial charge >= 0.3 is 0 Å². The Morgan fingerprint density at radius 2 is 1.78 bits per heavy atom. The lowest BCUT2D eigenvalue weighted by Gasteiger charge is -2.11. The van der Waals surface area contributed by atoms with Gasteiger partial charge < -0.3 is 10.1 Å². The first-order chi connectivity index (χ1) is 15.5. The third kappa shape index (κ3) is 3.93. The van der Waals surface area contributed by atoms with E-state index in [2.05, 4.69) is 10.4 Å². The van der Waals surface area contributed by atoms with Gasteiger partial charge in [-0.2, -0.15) is 17.6 Å². The van der Waals surface area contributed by atoms with E-state index < -0.39 is 10.0 Å². The van der Waals surface area contributed by atoms with Crippen molar-refractivity contribution in [2.75, 3.05) is 13.2 Å². The lowest BCUT2D eigenvalue weighted by molar-refractivity contribution is 0.0857. The first-order valence-electron chi connectivity index (χ1n) is 11.3. The Labute approximate surface area is 187 Å². The second-order valence-electron chi connectivity index (χ2n) is 8.60. The van der Waals surface area contributed by atoms with Gasteiger partial charge in [-0.25, -0.2) is 0 Å². The molecule has 1 aromatic heterocycles. The molecule has 5 rings (SSSR count). The smallest absolute Gasteiger partial charge is 0.283 e. The molecule has 168 valence electrons. The first-order valence-corrected chi connectivity index (χ1v) is 12.7. The lowest BCUT2D eigenvalue weighted by Crippen LogP contribution is -2.31. The summed E-state index contributed by atoms with van der Waals surface area (Å²) in [4.78, 5) is 12.5. The van der Waals surface area contributed by atoms with E-state index in [1.165, 1.54) is 12.1 Å². The predicted molar refractivity (Wildman–Crippen MR) is 121 cm³/mol. The summed E-state index contributed by atoms with van der Waals surface area (Å²) in [7, 11) is -3.89. The van der Waals surface area contributed by atoms with E-state index in [9.17, 15) is 13.2 Å². The van der Waals surface area contributed by atoms with Gasteiger partial charge in [-0.1, -0.05) is 31.0 Å². The summed E-state index contributed by atoms with van der Waals surface area (Å²) in [5.74, 6) is 0.0591. The van der Waals surface area contributed by atoms with Gasteiger partial charge in [0.2, 0.25) is 0 Å². The molecular weight excluding hydrogens is 426 g/mol. The van der Waals surface area contributed by atoms with Crippen LogP contribution in [0.5, 0.6) is 0 Å². The zero-order valence-corrected chi connectivity index (χ0v) is 18.7. The van der Waals surface area contributed by atoms with Crippen LogP contribution in [0.2, 0.25) is 0 Å². The Hall–Kier alpha value is -2.71. The minimum absolute atomic E-state index is 0.0563. The maximum atomic E-state index is 13.4. The van der Waals surface area contributed by atoms with E-state index >= 15 is 0 Å². The predicted octanol–water partition coefficient (Wildman–Crippen LogP) is 3.84. The third-order valence-electron chi connectivity index (χ3n) is 6.48. The molecule has 0 spiro atoms. The molecule has 1 N–H and O–H groups in total. The van der Waals surface area contributed by atoms with Crippen molar-refractivity contribution >= 4 is 26.8 Å². The standard InChI is InChI=1S/C24H27N3O4S/c28-24(25-16-19-8-5-15-31-19)18-11-13-20(14-12-18)32(29,30)27-22-10-4-3-9-21(22)23(26-27)17-6-1-2-7-17/h3-4,9-14,17,19H,1-2,5-8,15-16H2,(H,25,28)/t19-/m0/s1. The SMILES string of the molecule is O=C(NC[C@@H]1CCCO1)c1ccc(S(=O)(=O)n2nc(C3CCCC3)c3ccccc32)cc1. The van der Waals surface area contributed by atoms with Crippen molar-refractivity contribution in [1.82, 2.24) is 14.5 Å². The summed E-state index contributed by atoms with van der Waals surface area (Å²) < 4.78 is 33.6. The zero-order valence-electron chi connectivity index (χ0n) is 17.9. The van der Waals surface area contributed by atoms with E-state index in [4.69, 9.17) is 4.74 Å². The fourth-order valence-electron chi connectivity index (χ4n) is 4.74. The molecule has 1 amide bonds. The van der Waals surface area contributed by atoms with Gasteiger partial charge in [0.05, 0.1) is 22.2 Å². The van der Waals surface area contributed by atoms with Crippen molar-refractivity contribution in [3.05, 3.63) is 59.8 Å². The number of nitrogens with zero attached hydrogens (tertiary/aromatic N) is 2. The molecule has 3 aromatic rings. The second-order valence-corrected chi connectivity index (χ2v) is 10.4. The van der Waals surface area contributed by atoms with Crippen LogP contribution in [0.4, 0.5) is 0 Å². The van der Waals surface area contributed by atoms with Crippen LogP contribution >= 0.6 is 0 Å². The average molecular weight is 454 g/mol. The molecule has 1 saturated heterocycles. The number of fused-ring (bicyclic) bond motifs is 1. The second kappa shape index (κ2) is 8.67. The van der Waals surface area contributed by atoms with Crippen molar-refractivity contribution < 1.29 is 17.9 Å². The van der Waals surface area contributed by atoms with E-state index in [1.54, 1.807) is 18.2 Å². The summed E-state index contributed by atoms with van der Waals surface area (Å²) in [6.45, 7) is 1.19. The van der Waals surface area contributed by atoms with Gasteiger partial charge in [0.25, 0.3) is 15.9 Å². The zero-order chi connectivity index (χ0) is 22.1. The Kier molecular flexibility index (Phi) is 5.73. The fraction of sp³-hybridized carbons (Fsp3) is 0.417. The topological polar surface area (TPSA) is 90.3 Å². The average Bonchev–Trinajstić information content (AvgIpc) is 3.58. The van der Waals surface area contributed by atoms with Gasteiger partial charge in [-0.3, -0.25) is 4.79 Å². The van der Waals surface area contributed by atoms with Crippen LogP contribution in [0.3, 0.4) is 0 Å². The van der Waals surface area contributed by atoms with Crippen LogP contribution in [-0.2, 0) is 14.8 Å². The van der Waals surface area contributed by atoms with Gasteiger partial charge in [0.15, 0.2) is 0 Å². The van der Waals surface area contributed by atoms with Crippen LogP contribution in [0.25, 0.3) is 10.9 Å². The third-order valence-corrected chi connectivity index (χ3v) is 8.08. The summed E-state index contributed by atoms with van der Waals surface area (Å²) in [5, 5.41) is 8.34. The molecule has 1 aliphatic heterocycles. The highest BCUT2D eigenvalue weighted by atomic mass is 32.2. The van der Waals surface area contributed by atoms with E-state index in [0.29, 0.717) is 23.5 Å². The molecule has 1 aliphatic carbocycles. The minimum atomic E-state index is -3.89. The minimum Gasteiger partial charge on any atom is -0.376 e. The number of amides is 1. The Morgan fingerprint density at radius 1 is 1.03 bits per heavy atom. The quantitative estimate of drug-likeness (QED) is 0.612. The molecule has 2 aromatic carbocycles. The molecule has 0 bridgehead atoms. The molecule has 2 fully saturated rings. The highest BCUT2D eigenvalue weighted by Gasteiger charge is 2.28. The van der Waals surface area contributed by atoms with E-state index in [-0.39, 0.29) is 16.9 Å². The van der Waals surface area contributed by atoms with Gasteiger partial charge in [0.1, 0.15) is 0 Å². The summed E-state index contributed by atoms with van der Waals surface area (Å²) in [5.41, 5.74) is 1.87. The largest absolute Gasteiger partial charge is 0.376 e. The van der Waals surface area contributed by atoms with E-state index in [1.807, 2.05) is 18.2 Å². The Balaban J connectivity index is 1.41. The summed E-state index contributed by atoms with van der Waals surface area (Å²) in [6.07, 6.45) is 6.38. The Bertz CT molecular complexity index is 1220. The van der Waals surface area contributed by atoms with Crippen molar-refractivity contribution in [2.45, 2.75) is 55.4 Å². The molecule has 2 aliphatic rings. The van der Waals surface area contributed by atoms with E-state index in [0.717, 1.165) is 60.3 Å². The lowest BCUT2D eigenvalue weighted by atomic mass is 10.0. The van der Waals surface area contributed by atoms with Crippen LogP contribution in [0.15, 0.2) is 53.4 Å².